The second kappa shape index (κ2) is 16.2. The van der Waals surface area contributed by atoms with Crippen LogP contribution in [0.25, 0.3) is 0 Å². The first-order valence-electron chi connectivity index (χ1n) is 9.54. The molecule has 1 aromatic rings. The normalized spacial score (nSPS) is 11.3. The molecule has 1 aromatic carbocycles. The van der Waals surface area contributed by atoms with Crippen LogP contribution in [0.2, 0.25) is 0 Å². The van der Waals surface area contributed by atoms with E-state index in [1.54, 1.807) is 25.9 Å². The molecule has 0 aliphatic heterocycles. The highest BCUT2D eigenvalue weighted by atomic mass is 32.2. The van der Waals surface area contributed by atoms with E-state index in [-0.39, 0.29) is 12.5 Å². The summed E-state index contributed by atoms with van der Waals surface area (Å²) in [4.78, 5) is 17.6. The van der Waals surface area contributed by atoms with Gasteiger partial charge >= 0.3 is 0 Å². The minimum Gasteiger partial charge on any atom is -0.379 e. The fourth-order valence-electron chi connectivity index (χ4n) is 2.10. The Morgan fingerprint density at radius 1 is 1.07 bits per heavy atom. The van der Waals surface area contributed by atoms with Crippen LogP contribution < -0.4 is 10.6 Å². The molecule has 0 saturated carbocycles. The van der Waals surface area contributed by atoms with Crippen LogP contribution in [0.3, 0.4) is 0 Å². The van der Waals surface area contributed by atoms with Crippen LogP contribution in [0.5, 0.6) is 0 Å². The summed E-state index contributed by atoms with van der Waals surface area (Å²) in [6.07, 6.45) is 2.91. The average Bonchev–Trinajstić information content (AvgIpc) is 2.70. The van der Waals surface area contributed by atoms with E-state index in [9.17, 15) is 4.79 Å². The minimum absolute atomic E-state index is 0.0233. The lowest BCUT2D eigenvalue weighted by molar-refractivity contribution is -0.127. The highest BCUT2D eigenvalue weighted by molar-refractivity contribution is 7.98. The molecule has 8 heteroatoms. The van der Waals surface area contributed by atoms with Gasteiger partial charge in [-0.25, -0.2) is 4.99 Å². The smallest absolute Gasteiger partial charge is 0.243 e. The third-order valence-electron chi connectivity index (χ3n) is 3.71. The molecule has 0 aliphatic rings. The van der Waals surface area contributed by atoms with Crippen LogP contribution >= 0.6 is 11.8 Å². The Labute approximate surface area is 173 Å². The van der Waals surface area contributed by atoms with Crippen molar-refractivity contribution in [2.75, 3.05) is 65.6 Å². The van der Waals surface area contributed by atoms with Gasteiger partial charge in [0.2, 0.25) is 5.91 Å². The maximum Gasteiger partial charge on any atom is 0.243 e. The Morgan fingerprint density at radius 3 is 2.50 bits per heavy atom. The molecule has 0 bridgehead atoms. The van der Waals surface area contributed by atoms with Gasteiger partial charge in [-0.2, -0.15) is 11.8 Å². The molecule has 1 rings (SSSR count). The lowest BCUT2D eigenvalue weighted by atomic mass is 10.2. The van der Waals surface area contributed by atoms with Gasteiger partial charge in [-0.05, 0) is 18.2 Å². The summed E-state index contributed by atoms with van der Waals surface area (Å²) in [6.45, 7) is 4.09. The van der Waals surface area contributed by atoms with Gasteiger partial charge in [-0.1, -0.05) is 30.3 Å². The second-order valence-corrected chi connectivity index (χ2v) is 7.29. The molecule has 0 aliphatic carbocycles. The van der Waals surface area contributed by atoms with Crippen LogP contribution in [-0.4, -0.2) is 82.3 Å². The molecule has 0 fully saturated rings. The summed E-state index contributed by atoms with van der Waals surface area (Å²) < 4.78 is 11.2. The molecule has 0 aromatic heterocycles. The van der Waals surface area contributed by atoms with Crippen LogP contribution in [0.1, 0.15) is 12.0 Å². The summed E-state index contributed by atoms with van der Waals surface area (Å²) in [6, 6.07) is 10.1. The molecule has 0 heterocycles. The van der Waals surface area contributed by atoms with Gasteiger partial charge in [0.1, 0.15) is 6.54 Å². The van der Waals surface area contributed by atoms with E-state index in [4.69, 9.17) is 9.47 Å². The number of rotatable bonds is 14. The Balaban J connectivity index is 2.11. The van der Waals surface area contributed by atoms with Crippen molar-refractivity contribution in [2.24, 2.45) is 4.99 Å². The zero-order valence-electron chi connectivity index (χ0n) is 17.3. The first-order valence-corrected chi connectivity index (χ1v) is 10.9. The number of ether oxygens (including phenoxy) is 2. The number of aliphatic imine (C=N–C) groups is 1. The Kier molecular flexibility index (Phi) is 14.0. The van der Waals surface area contributed by atoms with Crippen molar-refractivity contribution in [1.82, 2.24) is 15.5 Å². The van der Waals surface area contributed by atoms with Crippen molar-refractivity contribution in [1.29, 1.82) is 0 Å². The predicted molar refractivity (Wildman–Crippen MR) is 117 cm³/mol. The Bertz CT molecular complexity index is 556. The minimum atomic E-state index is -0.0233. The highest BCUT2D eigenvalue weighted by Crippen LogP contribution is 2.00. The number of hydrogen-bond donors (Lipinski definition) is 2. The van der Waals surface area contributed by atoms with E-state index < -0.39 is 0 Å². The number of carbonyl (C=O) groups excluding carboxylic acids is 1. The van der Waals surface area contributed by atoms with Crippen molar-refractivity contribution in [3.63, 3.8) is 0 Å². The van der Waals surface area contributed by atoms with Gasteiger partial charge < -0.3 is 25.0 Å². The number of nitrogens with one attached hydrogen (secondary N) is 2. The Morgan fingerprint density at radius 2 is 1.79 bits per heavy atom. The maximum atomic E-state index is 11.7. The maximum absolute atomic E-state index is 11.7. The van der Waals surface area contributed by atoms with Gasteiger partial charge in [-0.3, -0.25) is 4.79 Å². The number of guanidine groups is 1. The van der Waals surface area contributed by atoms with Gasteiger partial charge in [0.05, 0.1) is 19.8 Å². The van der Waals surface area contributed by atoms with E-state index in [2.05, 4.69) is 21.9 Å². The molecule has 28 heavy (non-hydrogen) atoms. The third kappa shape index (κ3) is 12.6. The lowest BCUT2D eigenvalue weighted by Gasteiger charge is -2.13. The second-order valence-electron chi connectivity index (χ2n) is 6.30. The fourth-order valence-corrected chi connectivity index (χ4v) is 2.41. The van der Waals surface area contributed by atoms with Gasteiger partial charge in [0, 0.05) is 39.5 Å². The Hall–Kier alpha value is -1.77. The molecule has 1 amide bonds. The lowest BCUT2D eigenvalue weighted by Crippen LogP contribution is -2.40. The van der Waals surface area contributed by atoms with Crippen molar-refractivity contribution < 1.29 is 14.3 Å². The molecule has 0 radical (unpaired) electrons. The quantitative estimate of drug-likeness (QED) is 0.276. The fraction of sp³-hybridized carbons (Fsp3) is 0.600. The summed E-state index contributed by atoms with van der Waals surface area (Å²) >= 11 is 1.76. The molecule has 0 atom stereocenters. The van der Waals surface area contributed by atoms with Crippen LogP contribution in [0, 0.1) is 0 Å². The third-order valence-corrected chi connectivity index (χ3v) is 4.32. The highest BCUT2D eigenvalue weighted by Gasteiger charge is 2.04. The summed E-state index contributed by atoms with van der Waals surface area (Å²) in [5.74, 6) is 1.62. The van der Waals surface area contributed by atoms with Gasteiger partial charge in [0.25, 0.3) is 0 Å². The average molecular weight is 411 g/mol. The van der Waals surface area contributed by atoms with E-state index in [0.717, 1.165) is 25.3 Å². The largest absolute Gasteiger partial charge is 0.379 e. The van der Waals surface area contributed by atoms with E-state index in [0.29, 0.717) is 32.4 Å². The number of thioether (sulfide) groups is 1. The molecule has 0 saturated heterocycles. The number of carbonyl (C=O) groups is 1. The monoisotopic (exact) mass is 410 g/mol. The first kappa shape index (κ1) is 24.3. The van der Waals surface area contributed by atoms with Gasteiger partial charge in [0.15, 0.2) is 5.96 Å². The van der Waals surface area contributed by atoms with Crippen molar-refractivity contribution in [3.05, 3.63) is 35.9 Å². The topological polar surface area (TPSA) is 75.2 Å². The zero-order valence-corrected chi connectivity index (χ0v) is 18.1. The molecule has 158 valence electrons. The number of likely N-dealkylation sites (N-methyl/N-ethyl adjacent to an activating group) is 1. The summed E-state index contributed by atoms with van der Waals surface area (Å²) in [5, 5.41) is 6.48. The standard InChI is InChI=1S/C20H34N4O3S/c1-24(2)19(25)16-23-20(22-11-15-28-3)21-10-7-12-26-13-14-27-17-18-8-5-4-6-9-18/h4-6,8-9H,7,10-17H2,1-3H3,(H2,21,22,23). The number of hydrogen-bond acceptors (Lipinski definition) is 5. The van der Waals surface area contributed by atoms with Crippen molar-refractivity contribution in [2.45, 2.75) is 13.0 Å². The van der Waals surface area contributed by atoms with E-state index in [1.807, 2.05) is 30.3 Å². The zero-order chi connectivity index (χ0) is 20.5. The SMILES string of the molecule is CSCCNC(=NCC(=O)N(C)C)NCCCOCCOCc1ccccc1. The summed E-state index contributed by atoms with van der Waals surface area (Å²) in [5.41, 5.74) is 1.17. The molecule has 0 unspecified atom stereocenters. The van der Waals surface area contributed by atoms with Gasteiger partial charge in [-0.15, -0.1) is 0 Å². The summed E-state index contributed by atoms with van der Waals surface area (Å²) in [7, 11) is 3.46. The molecule has 7 nitrogen and oxygen atoms in total. The van der Waals surface area contributed by atoms with Crippen LogP contribution in [0.15, 0.2) is 35.3 Å². The van der Waals surface area contributed by atoms with E-state index in [1.165, 1.54) is 10.5 Å². The molecular formula is C20H34N4O3S. The van der Waals surface area contributed by atoms with Crippen LogP contribution in [-0.2, 0) is 20.9 Å². The molecule has 0 spiro atoms. The van der Waals surface area contributed by atoms with Crippen molar-refractivity contribution >= 4 is 23.6 Å². The predicted octanol–water partition coefficient (Wildman–Crippen LogP) is 1.60. The first-order chi connectivity index (χ1) is 13.6. The van der Waals surface area contributed by atoms with Crippen molar-refractivity contribution in [3.8, 4) is 0 Å². The van der Waals surface area contributed by atoms with Crippen LogP contribution in [0.4, 0.5) is 0 Å². The number of nitrogens with zero attached hydrogens (tertiary/aromatic N) is 2. The number of amides is 1. The molecule has 2 N–H and O–H groups in total. The number of benzene rings is 1. The molecular weight excluding hydrogens is 376 g/mol. The van der Waals surface area contributed by atoms with E-state index >= 15 is 0 Å².